The van der Waals surface area contributed by atoms with Gasteiger partial charge in [-0.1, -0.05) is 37.6 Å². The van der Waals surface area contributed by atoms with E-state index in [9.17, 15) is 0 Å². The van der Waals surface area contributed by atoms with Gasteiger partial charge >= 0.3 is 0 Å². The van der Waals surface area contributed by atoms with Gasteiger partial charge in [0.25, 0.3) is 0 Å². The molecule has 1 N–H and O–H groups in total. The van der Waals surface area contributed by atoms with Gasteiger partial charge < -0.3 is 9.88 Å². The number of aromatic nitrogens is 4. The molecule has 1 aromatic carbocycles. The Morgan fingerprint density at radius 2 is 1.96 bits per heavy atom. The summed E-state index contributed by atoms with van der Waals surface area (Å²) in [6.07, 6.45) is 6.23. The van der Waals surface area contributed by atoms with Crippen molar-refractivity contribution in [1.82, 2.24) is 19.5 Å². The van der Waals surface area contributed by atoms with E-state index >= 15 is 0 Å². The lowest BCUT2D eigenvalue weighted by Crippen LogP contribution is -2.09. The summed E-state index contributed by atoms with van der Waals surface area (Å²) in [5, 5.41) is 5.88. The van der Waals surface area contributed by atoms with Crippen LogP contribution in [0.2, 0.25) is 0 Å². The Bertz CT molecular complexity index is 1050. The molecule has 0 unspecified atom stereocenters. The molecule has 26 heavy (non-hydrogen) atoms. The topological polar surface area (TPSA) is 55.6 Å². The molecule has 0 aliphatic rings. The summed E-state index contributed by atoms with van der Waals surface area (Å²) >= 11 is 0. The fraction of sp³-hybridized carbons (Fsp3) is 0.286. The quantitative estimate of drug-likeness (QED) is 0.521. The van der Waals surface area contributed by atoms with Crippen molar-refractivity contribution in [2.45, 2.75) is 33.2 Å². The number of benzene rings is 1. The average Bonchev–Trinajstić information content (AvgIpc) is 3.05. The number of nitrogens with one attached hydrogen (secondary N) is 1. The molecule has 5 heteroatoms. The molecular weight excluding hydrogens is 322 g/mol. The zero-order valence-corrected chi connectivity index (χ0v) is 15.2. The van der Waals surface area contributed by atoms with Crippen LogP contribution in [0, 0.1) is 6.92 Å². The third kappa shape index (κ3) is 3.12. The Labute approximate surface area is 153 Å². The molecule has 5 nitrogen and oxygen atoms in total. The van der Waals surface area contributed by atoms with Gasteiger partial charge in [0, 0.05) is 24.3 Å². The molecular formula is C21H23N5. The highest BCUT2D eigenvalue weighted by Gasteiger charge is 2.12. The third-order valence-electron chi connectivity index (χ3n) is 4.62. The first-order chi connectivity index (χ1) is 12.8. The Morgan fingerprint density at radius 3 is 2.85 bits per heavy atom. The number of hydrogen-bond donors (Lipinski definition) is 1. The maximum absolute atomic E-state index is 4.65. The minimum Gasteiger partial charge on any atom is -0.368 e. The number of unbranched alkanes of at least 4 members (excludes halogenated alkanes) is 1. The third-order valence-corrected chi connectivity index (χ3v) is 4.62. The molecule has 4 aromatic rings. The smallest absolute Gasteiger partial charge is 0.154 e. The van der Waals surface area contributed by atoms with Crippen LogP contribution in [0.5, 0.6) is 0 Å². The predicted molar refractivity (Wildman–Crippen MR) is 107 cm³/mol. The van der Waals surface area contributed by atoms with E-state index in [1.807, 2.05) is 13.1 Å². The first kappa shape index (κ1) is 16.5. The van der Waals surface area contributed by atoms with Crippen molar-refractivity contribution >= 4 is 27.6 Å². The number of pyridine rings is 1. The highest BCUT2D eigenvalue weighted by molar-refractivity contribution is 5.87. The van der Waals surface area contributed by atoms with Crippen LogP contribution in [0.15, 0.2) is 48.8 Å². The molecule has 4 rings (SSSR count). The van der Waals surface area contributed by atoms with Crippen molar-refractivity contribution in [2.24, 2.45) is 0 Å². The van der Waals surface area contributed by atoms with Crippen molar-refractivity contribution in [1.29, 1.82) is 0 Å². The summed E-state index contributed by atoms with van der Waals surface area (Å²) in [4.78, 5) is 13.9. The molecule has 0 saturated heterocycles. The van der Waals surface area contributed by atoms with Crippen LogP contribution in [0.25, 0.3) is 21.8 Å². The Hall–Kier alpha value is -2.95. The first-order valence-corrected chi connectivity index (χ1v) is 9.16. The van der Waals surface area contributed by atoms with Crippen molar-refractivity contribution < 1.29 is 0 Å². The van der Waals surface area contributed by atoms with E-state index in [0.29, 0.717) is 6.54 Å². The monoisotopic (exact) mass is 345 g/mol. The lowest BCUT2D eigenvalue weighted by Gasteiger charge is -2.12. The Balaban J connectivity index is 1.76. The highest BCUT2D eigenvalue weighted by atomic mass is 15.1. The van der Waals surface area contributed by atoms with Gasteiger partial charge in [-0.2, -0.15) is 0 Å². The van der Waals surface area contributed by atoms with Crippen LogP contribution in [0.1, 0.15) is 31.3 Å². The van der Waals surface area contributed by atoms with Gasteiger partial charge in [0.05, 0.1) is 17.8 Å². The minimum atomic E-state index is 0.694. The second kappa shape index (κ2) is 7.12. The molecule has 0 aliphatic heterocycles. The molecule has 3 aromatic heterocycles. The van der Waals surface area contributed by atoms with Crippen LogP contribution in [0.4, 0.5) is 5.82 Å². The maximum Gasteiger partial charge on any atom is 0.154 e. The molecule has 0 aliphatic carbocycles. The zero-order chi connectivity index (χ0) is 17.9. The molecule has 0 radical (unpaired) electrons. The van der Waals surface area contributed by atoms with Crippen molar-refractivity contribution in [2.75, 3.05) is 11.9 Å². The van der Waals surface area contributed by atoms with E-state index in [-0.39, 0.29) is 0 Å². The van der Waals surface area contributed by atoms with Gasteiger partial charge in [-0.3, -0.25) is 4.98 Å². The fourth-order valence-corrected chi connectivity index (χ4v) is 3.33. The summed E-state index contributed by atoms with van der Waals surface area (Å²) in [6, 6.07) is 12.5. The molecule has 132 valence electrons. The highest BCUT2D eigenvalue weighted by Crippen LogP contribution is 2.24. The Morgan fingerprint density at radius 1 is 1.08 bits per heavy atom. The average molecular weight is 345 g/mol. The second-order valence-corrected chi connectivity index (χ2v) is 6.56. The first-order valence-electron chi connectivity index (χ1n) is 9.16. The van der Waals surface area contributed by atoms with Crippen LogP contribution >= 0.6 is 0 Å². The van der Waals surface area contributed by atoms with E-state index in [4.69, 9.17) is 0 Å². The molecule has 3 heterocycles. The van der Waals surface area contributed by atoms with Crippen LogP contribution in [0.3, 0.4) is 0 Å². The molecule has 0 saturated carbocycles. The lowest BCUT2D eigenvalue weighted by molar-refractivity contribution is 0.806. The van der Waals surface area contributed by atoms with E-state index < -0.39 is 0 Å². The van der Waals surface area contributed by atoms with E-state index in [2.05, 4.69) is 74.4 Å². The normalized spacial score (nSPS) is 11.3. The number of aryl methyl sites for hydroxylation is 1. The molecule has 0 bridgehead atoms. The fourth-order valence-electron chi connectivity index (χ4n) is 3.33. The predicted octanol–water partition coefficient (Wildman–Crippen LogP) is 4.55. The summed E-state index contributed by atoms with van der Waals surface area (Å²) in [5.41, 5.74) is 3.07. The SMILES string of the molecule is CCCCNc1nc(C)nc2ccn(Cc3nccc4ccccc34)c12. The number of anilines is 1. The van der Waals surface area contributed by atoms with Crippen molar-refractivity contribution in [3.8, 4) is 0 Å². The summed E-state index contributed by atoms with van der Waals surface area (Å²) in [6.45, 7) is 5.74. The van der Waals surface area contributed by atoms with Crippen molar-refractivity contribution in [3.63, 3.8) is 0 Å². The molecule has 0 amide bonds. The van der Waals surface area contributed by atoms with Gasteiger partial charge in [-0.25, -0.2) is 9.97 Å². The van der Waals surface area contributed by atoms with Crippen molar-refractivity contribution in [3.05, 3.63) is 60.3 Å². The number of fused-ring (bicyclic) bond motifs is 2. The standard InChI is InChI=1S/C21H23N5/c1-3-4-11-23-21-20-18(24-15(2)25-21)10-13-26(20)14-19-17-8-6-5-7-16(17)9-12-22-19/h5-10,12-13H,3-4,11,14H2,1-2H3,(H,23,24,25). The second-order valence-electron chi connectivity index (χ2n) is 6.56. The minimum absolute atomic E-state index is 0.694. The summed E-state index contributed by atoms with van der Waals surface area (Å²) < 4.78 is 2.19. The van der Waals surface area contributed by atoms with Gasteiger partial charge in [-0.15, -0.1) is 0 Å². The zero-order valence-electron chi connectivity index (χ0n) is 15.2. The molecule has 0 atom stereocenters. The molecule has 0 spiro atoms. The van der Waals surface area contributed by atoms with Gasteiger partial charge in [0.1, 0.15) is 11.3 Å². The molecule has 0 fully saturated rings. The summed E-state index contributed by atoms with van der Waals surface area (Å²) in [7, 11) is 0. The lowest BCUT2D eigenvalue weighted by atomic mass is 10.1. The van der Waals surface area contributed by atoms with Crippen LogP contribution < -0.4 is 5.32 Å². The Kier molecular flexibility index (Phi) is 4.52. The summed E-state index contributed by atoms with van der Waals surface area (Å²) in [5.74, 6) is 1.70. The largest absolute Gasteiger partial charge is 0.368 e. The number of rotatable bonds is 6. The van der Waals surface area contributed by atoms with E-state index in [1.54, 1.807) is 0 Å². The number of nitrogens with zero attached hydrogens (tertiary/aromatic N) is 4. The van der Waals surface area contributed by atoms with Gasteiger partial charge in [-0.05, 0) is 30.9 Å². The number of hydrogen-bond acceptors (Lipinski definition) is 4. The maximum atomic E-state index is 4.65. The van der Waals surface area contributed by atoms with Crippen LogP contribution in [-0.4, -0.2) is 26.1 Å². The van der Waals surface area contributed by atoms with E-state index in [1.165, 1.54) is 10.8 Å². The van der Waals surface area contributed by atoms with E-state index in [0.717, 1.165) is 47.8 Å². The van der Waals surface area contributed by atoms with Crippen LogP contribution in [-0.2, 0) is 6.54 Å². The van der Waals surface area contributed by atoms with Gasteiger partial charge in [0.2, 0.25) is 0 Å². The van der Waals surface area contributed by atoms with Gasteiger partial charge in [0.15, 0.2) is 5.82 Å².